The molecule has 0 spiro atoms. The molecule has 0 saturated heterocycles. The predicted octanol–water partition coefficient (Wildman–Crippen LogP) is 3.41. The van der Waals surface area contributed by atoms with Crippen molar-refractivity contribution in [1.82, 2.24) is 19.8 Å². The molecular formula is C25H30N4O3S. The second-order valence-electron chi connectivity index (χ2n) is 8.60. The van der Waals surface area contributed by atoms with Crippen LogP contribution in [0.15, 0.2) is 59.6 Å². The normalized spacial score (nSPS) is 15.8. The minimum Gasteiger partial charge on any atom is -0.349 e. The lowest BCUT2D eigenvalue weighted by atomic mass is 9.92. The SMILES string of the molecule is Cc1ccc(S(=O)(=O)NCCC(=O)NC2CCCc3c2cnn3Cc2ccccc2)cc1C. The molecule has 0 bridgehead atoms. The number of sulfonamides is 1. The van der Waals surface area contributed by atoms with E-state index in [4.69, 9.17) is 0 Å². The van der Waals surface area contributed by atoms with Gasteiger partial charge in [-0.3, -0.25) is 9.48 Å². The summed E-state index contributed by atoms with van der Waals surface area (Å²) in [4.78, 5) is 12.8. The van der Waals surface area contributed by atoms with Crippen molar-refractivity contribution >= 4 is 15.9 Å². The molecule has 2 aromatic carbocycles. The molecule has 2 N–H and O–H groups in total. The molecule has 1 aliphatic carbocycles. The van der Waals surface area contributed by atoms with Gasteiger partial charge in [0.2, 0.25) is 15.9 Å². The number of benzene rings is 2. The van der Waals surface area contributed by atoms with Crippen LogP contribution < -0.4 is 10.0 Å². The first-order valence-corrected chi connectivity index (χ1v) is 12.8. The van der Waals surface area contributed by atoms with Crippen LogP contribution in [0.1, 0.15) is 53.3 Å². The van der Waals surface area contributed by atoms with Crippen LogP contribution in [0.5, 0.6) is 0 Å². The molecule has 33 heavy (non-hydrogen) atoms. The van der Waals surface area contributed by atoms with E-state index in [9.17, 15) is 13.2 Å². The van der Waals surface area contributed by atoms with E-state index < -0.39 is 10.0 Å². The van der Waals surface area contributed by atoms with Gasteiger partial charge in [0, 0.05) is 24.2 Å². The van der Waals surface area contributed by atoms with Crippen LogP contribution in [-0.2, 0) is 27.8 Å². The van der Waals surface area contributed by atoms with E-state index in [2.05, 4.69) is 27.3 Å². The van der Waals surface area contributed by atoms with E-state index in [0.29, 0.717) is 6.54 Å². The van der Waals surface area contributed by atoms with Gasteiger partial charge in [-0.15, -0.1) is 0 Å². The van der Waals surface area contributed by atoms with E-state index in [1.165, 1.54) is 5.56 Å². The second-order valence-corrected chi connectivity index (χ2v) is 10.4. The largest absolute Gasteiger partial charge is 0.349 e. The van der Waals surface area contributed by atoms with Crippen LogP contribution in [0.4, 0.5) is 0 Å². The number of hydrogen-bond donors (Lipinski definition) is 2. The summed E-state index contributed by atoms with van der Waals surface area (Å²) in [5, 5.41) is 7.63. The van der Waals surface area contributed by atoms with Crippen molar-refractivity contribution in [1.29, 1.82) is 0 Å². The Labute approximate surface area is 195 Å². The zero-order valence-electron chi connectivity index (χ0n) is 19.0. The van der Waals surface area contributed by atoms with Crippen LogP contribution in [0, 0.1) is 13.8 Å². The van der Waals surface area contributed by atoms with E-state index in [0.717, 1.165) is 41.6 Å². The quantitative estimate of drug-likeness (QED) is 0.532. The molecule has 1 aliphatic rings. The van der Waals surface area contributed by atoms with Gasteiger partial charge in [-0.25, -0.2) is 13.1 Å². The predicted molar refractivity (Wildman–Crippen MR) is 127 cm³/mol. The summed E-state index contributed by atoms with van der Waals surface area (Å²) in [6.45, 7) is 4.57. The molecular weight excluding hydrogens is 436 g/mol. The van der Waals surface area contributed by atoms with E-state index >= 15 is 0 Å². The standard InChI is InChI=1S/C25H30N4O3S/c1-18-11-12-21(15-19(18)2)33(31,32)27-14-13-25(30)28-23-9-6-10-24-22(23)16-26-29(24)17-20-7-4-3-5-8-20/h3-5,7-8,11-12,15-16,23,27H,6,9-10,13-14,17H2,1-2H3,(H,28,30). The third kappa shape index (κ3) is 5.51. The van der Waals surface area contributed by atoms with Gasteiger partial charge in [0.25, 0.3) is 0 Å². The minimum absolute atomic E-state index is 0.0495. The summed E-state index contributed by atoms with van der Waals surface area (Å²) >= 11 is 0. The number of nitrogens with one attached hydrogen (secondary N) is 2. The van der Waals surface area contributed by atoms with Crippen LogP contribution in [0.25, 0.3) is 0 Å². The molecule has 7 nitrogen and oxygen atoms in total. The lowest BCUT2D eigenvalue weighted by Crippen LogP contribution is -2.34. The van der Waals surface area contributed by atoms with Gasteiger partial charge >= 0.3 is 0 Å². The monoisotopic (exact) mass is 466 g/mol. The Morgan fingerprint density at radius 3 is 2.67 bits per heavy atom. The molecule has 1 unspecified atom stereocenters. The first-order chi connectivity index (χ1) is 15.8. The zero-order valence-corrected chi connectivity index (χ0v) is 19.9. The molecule has 0 aliphatic heterocycles. The van der Waals surface area contributed by atoms with Gasteiger partial charge in [-0.2, -0.15) is 5.10 Å². The Bertz CT molecular complexity index is 1240. The molecule has 1 amide bonds. The molecule has 174 valence electrons. The van der Waals surface area contributed by atoms with Crippen LogP contribution in [0.3, 0.4) is 0 Å². The number of amides is 1. The molecule has 1 atom stereocenters. The van der Waals surface area contributed by atoms with Crippen molar-refractivity contribution in [3.05, 3.63) is 82.7 Å². The van der Waals surface area contributed by atoms with E-state index in [1.807, 2.05) is 42.9 Å². The minimum atomic E-state index is -3.65. The number of rotatable bonds is 8. The maximum atomic E-state index is 12.6. The fourth-order valence-electron chi connectivity index (χ4n) is 4.19. The Morgan fingerprint density at radius 1 is 1.12 bits per heavy atom. The number of aromatic nitrogens is 2. The molecule has 0 fully saturated rings. The van der Waals surface area contributed by atoms with Crippen molar-refractivity contribution in [2.45, 2.75) is 57.0 Å². The molecule has 4 rings (SSSR count). The Kier molecular flexibility index (Phi) is 6.95. The Hall–Kier alpha value is -2.97. The van der Waals surface area contributed by atoms with Crippen LogP contribution in [0.2, 0.25) is 0 Å². The molecule has 3 aromatic rings. The Morgan fingerprint density at radius 2 is 1.91 bits per heavy atom. The number of fused-ring (bicyclic) bond motifs is 1. The molecule has 1 heterocycles. The topological polar surface area (TPSA) is 93.1 Å². The number of nitrogens with zero attached hydrogens (tertiary/aromatic N) is 2. The average molecular weight is 467 g/mol. The van der Waals surface area contributed by atoms with Gasteiger partial charge in [0.1, 0.15) is 0 Å². The summed E-state index contributed by atoms with van der Waals surface area (Å²) in [5.74, 6) is -0.175. The second kappa shape index (κ2) is 9.89. The summed E-state index contributed by atoms with van der Waals surface area (Å²) in [5.41, 5.74) is 5.35. The van der Waals surface area contributed by atoms with Crippen molar-refractivity contribution < 1.29 is 13.2 Å². The first-order valence-electron chi connectivity index (χ1n) is 11.3. The average Bonchev–Trinajstić information content (AvgIpc) is 3.20. The highest BCUT2D eigenvalue weighted by molar-refractivity contribution is 7.89. The van der Waals surface area contributed by atoms with Crippen LogP contribution >= 0.6 is 0 Å². The number of hydrogen-bond acceptors (Lipinski definition) is 4. The third-order valence-corrected chi connectivity index (χ3v) is 7.66. The number of aryl methyl sites for hydroxylation is 2. The van der Waals surface area contributed by atoms with Crippen LogP contribution in [-0.4, -0.2) is 30.7 Å². The lowest BCUT2D eigenvalue weighted by Gasteiger charge is -2.24. The van der Waals surface area contributed by atoms with Crippen molar-refractivity contribution in [2.24, 2.45) is 0 Å². The highest BCUT2D eigenvalue weighted by Gasteiger charge is 2.25. The highest BCUT2D eigenvalue weighted by atomic mass is 32.2. The van der Waals surface area contributed by atoms with Gasteiger partial charge in [0.15, 0.2) is 0 Å². The fourth-order valence-corrected chi connectivity index (χ4v) is 5.31. The van der Waals surface area contributed by atoms with E-state index in [-0.39, 0.29) is 29.8 Å². The van der Waals surface area contributed by atoms with Crippen molar-refractivity contribution in [2.75, 3.05) is 6.54 Å². The molecule has 8 heteroatoms. The summed E-state index contributed by atoms with van der Waals surface area (Å²) in [6.07, 6.45) is 4.69. The molecule has 0 radical (unpaired) electrons. The van der Waals surface area contributed by atoms with Gasteiger partial charge < -0.3 is 5.32 Å². The molecule has 0 saturated carbocycles. The maximum Gasteiger partial charge on any atom is 0.240 e. The van der Waals surface area contributed by atoms with Gasteiger partial charge in [-0.1, -0.05) is 36.4 Å². The summed E-state index contributed by atoms with van der Waals surface area (Å²) in [7, 11) is -3.65. The smallest absolute Gasteiger partial charge is 0.240 e. The van der Waals surface area contributed by atoms with E-state index in [1.54, 1.807) is 18.2 Å². The fraction of sp³-hybridized carbons (Fsp3) is 0.360. The summed E-state index contributed by atoms with van der Waals surface area (Å²) < 4.78 is 29.6. The zero-order chi connectivity index (χ0) is 23.4. The van der Waals surface area contributed by atoms with Crippen molar-refractivity contribution in [3.8, 4) is 0 Å². The summed E-state index contributed by atoms with van der Waals surface area (Å²) in [6, 6.07) is 15.1. The lowest BCUT2D eigenvalue weighted by molar-refractivity contribution is -0.121. The van der Waals surface area contributed by atoms with Gasteiger partial charge in [0.05, 0.1) is 23.7 Å². The number of carbonyl (C=O) groups excluding carboxylic acids is 1. The first kappa shape index (κ1) is 23.2. The highest BCUT2D eigenvalue weighted by Crippen LogP contribution is 2.30. The van der Waals surface area contributed by atoms with Crippen molar-refractivity contribution in [3.63, 3.8) is 0 Å². The maximum absolute atomic E-state index is 12.6. The molecule has 1 aromatic heterocycles. The van der Waals surface area contributed by atoms with Gasteiger partial charge in [-0.05, 0) is 61.9 Å². The third-order valence-electron chi connectivity index (χ3n) is 6.21. The Balaban J connectivity index is 1.34. The number of carbonyl (C=O) groups is 1.